The van der Waals surface area contributed by atoms with Gasteiger partial charge in [-0.05, 0) is 29.3 Å². The number of nitrogens with zero attached hydrogens (tertiary/aromatic N) is 2. The summed E-state index contributed by atoms with van der Waals surface area (Å²) in [5.41, 5.74) is 0.975. The molecule has 1 heterocycles. The zero-order chi connectivity index (χ0) is 12.3. The van der Waals surface area contributed by atoms with E-state index in [-0.39, 0.29) is 5.35 Å². The van der Waals surface area contributed by atoms with Gasteiger partial charge in [0, 0.05) is 0 Å². The predicted octanol–water partition coefficient (Wildman–Crippen LogP) is 2.33. The third-order valence-corrected chi connectivity index (χ3v) is 2.40. The molecule has 1 aromatic heterocycles. The van der Waals surface area contributed by atoms with Crippen molar-refractivity contribution >= 4 is 11.6 Å². The molecule has 0 N–H and O–H groups in total. The van der Waals surface area contributed by atoms with Crippen LogP contribution in [0.15, 0.2) is 22.6 Å². The first-order chi connectivity index (χ1) is 8.22. The Morgan fingerprint density at radius 2 is 1.94 bits per heavy atom. The lowest BCUT2D eigenvalue weighted by molar-refractivity contribution is 0.354. The van der Waals surface area contributed by atoms with E-state index in [4.69, 9.17) is 25.5 Å². The third kappa shape index (κ3) is 2.68. The van der Waals surface area contributed by atoms with Crippen LogP contribution in [0.2, 0.25) is 5.35 Å². The number of hydrogen-bond donors (Lipinski definition) is 0. The van der Waals surface area contributed by atoms with Crippen molar-refractivity contribution < 1.29 is 13.9 Å². The minimum absolute atomic E-state index is 0.0421. The molecule has 17 heavy (non-hydrogen) atoms. The largest absolute Gasteiger partial charge is 0.493 e. The molecule has 90 valence electrons. The van der Waals surface area contributed by atoms with E-state index in [1.165, 1.54) is 0 Å². The monoisotopic (exact) mass is 254 g/mol. The van der Waals surface area contributed by atoms with Gasteiger partial charge in [-0.15, -0.1) is 5.10 Å². The van der Waals surface area contributed by atoms with E-state index in [0.717, 1.165) is 5.56 Å². The average molecular weight is 255 g/mol. The van der Waals surface area contributed by atoms with Crippen LogP contribution in [0.1, 0.15) is 11.5 Å². The minimum Gasteiger partial charge on any atom is -0.493 e. The van der Waals surface area contributed by atoms with Gasteiger partial charge < -0.3 is 13.9 Å². The molecule has 0 spiro atoms. The Bertz CT molecular complexity index is 513. The minimum atomic E-state index is 0.0421. The Balaban J connectivity index is 2.22. The number of aromatic nitrogens is 2. The molecule has 0 aliphatic rings. The van der Waals surface area contributed by atoms with Crippen molar-refractivity contribution in [2.45, 2.75) is 6.42 Å². The smallest absolute Gasteiger partial charge is 0.312 e. The van der Waals surface area contributed by atoms with Crippen molar-refractivity contribution in [2.24, 2.45) is 0 Å². The molecule has 0 aliphatic heterocycles. The Kier molecular flexibility index (Phi) is 3.49. The molecule has 6 heteroatoms. The topological polar surface area (TPSA) is 57.4 Å². The summed E-state index contributed by atoms with van der Waals surface area (Å²) in [4.78, 5) is 0. The molecule has 2 rings (SSSR count). The molecular formula is C11H11ClN2O3. The van der Waals surface area contributed by atoms with Crippen LogP contribution >= 0.6 is 11.6 Å². The fraction of sp³-hybridized carbons (Fsp3) is 0.273. The third-order valence-electron chi connectivity index (χ3n) is 2.25. The van der Waals surface area contributed by atoms with Gasteiger partial charge in [-0.3, -0.25) is 0 Å². The number of methoxy groups -OCH3 is 2. The highest BCUT2D eigenvalue weighted by Crippen LogP contribution is 2.28. The van der Waals surface area contributed by atoms with Gasteiger partial charge in [0.2, 0.25) is 5.89 Å². The maximum absolute atomic E-state index is 5.55. The van der Waals surface area contributed by atoms with E-state index < -0.39 is 0 Å². The molecule has 1 aromatic carbocycles. The maximum Gasteiger partial charge on any atom is 0.312 e. The predicted molar refractivity (Wildman–Crippen MR) is 61.7 cm³/mol. The van der Waals surface area contributed by atoms with Crippen molar-refractivity contribution in [2.75, 3.05) is 14.2 Å². The second-order valence-corrected chi connectivity index (χ2v) is 3.64. The van der Waals surface area contributed by atoms with E-state index in [1.54, 1.807) is 14.2 Å². The second kappa shape index (κ2) is 5.05. The molecular weight excluding hydrogens is 244 g/mol. The molecule has 0 saturated heterocycles. The summed E-state index contributed by atoms with van der Waals surface area (Å²) < 4.78 is 15.4. The quantitative estimate of drug-likeness (QED) is 0.838. The van der Waals surface area contributed by atoms with Gasteiger partial charge in [0.05, 0.1) is 20.6 Å². The van der Waals surface area contributed by atoms with Crippen LogP contribution in [0.5, 0.6) is 11.5 Å². The summed E-state index contributed by atoms with van der Waals surface area (Å²) in [6, 6.07) is 5.59. The van der Waals surface area contributed by atoms with Gasteiger partial charge in [0.25, 0.3) is 0 Å². The van der Waals surface area contributed by atoms with Gasteiger partial charge in [-0.25, -0.2) is 0 Å². The first-order valence-corrected chi connectivity index (χ1v) is 5.29. The molecule has 0 saturated carbocycles. The summed E-state index contributed by atoms with van der Waals surface area (Å²) in [6.07, 6.45) is 0.500. The molecule has 0 radical (unpaired) electrons. The van der Waals surface area contributed by atoms with Crippen molar-refractivity contribution in [3.05, 3.63) is 35.0 Å². The molecule has 2 aromatic rings. The van der Waals surface area contributed by atoms with Crippen molar-refractivity contribution in [1.82, 2.24) is 10.2 Å². The van der Waals surface area contributed by atoms with Gasteiger partial charge in [-0.2, -0.15) is 0 Å². The highest BCUT2D eigenvalue weighted by atomic mass is 35.5. The van der Waals surface area contributed by atoms with Gasteiger partial charge >= 0.3 is 5.35 Å². The van der Waals surface area contributed by atoms with Crippen LogP contribution < -0.4 is 9.47 Å². The maximum atomic E-state index is 5.55. The summed E-state index contributed by atoms with van der Waals surface area (Å²) >= 11 is 5.55. The van der Waals surface area contributed by atoms with E-state index in [0.29, 0.717) is 23.8 Å². The highest BCUT2D eigenvalue weighted by molar-refractivity contribution is 6.27. The van der Waals surface area contributed by atoms with E-state index >= 15 is 0 Å². The average Bonchev–Trinajstić information content (AvgIpc) is 2.74. The normalized spacial score (nSPS) is 10.3. The summed E-state index contributed by atoms with van der Waals surface area (Å²) in [5, 5.41) is 7.41. The molecule has 0 bridgehead atoms. The zero-order valence-electron chi connectivity index (χ0n) is 9.44. The summed E-state index contributed by atoms with van der Waals surface area (Å²) in [5.74, 6) is 1.80. The molecule has 0 aliphatic carbocycles. The van der Waals surface area contributed by atoms with E-state index in [9.17, 15) is 0 Å². The number of halogens is 1. The van der Waals surface area contributed by atoms with Crippen LogP contribution in [0.4, 0.5) is 0 Å². The van der Waals surface area contributed by atoms with E-state index in [1.807, 2.05) is 18.2 Å². The van der Waals surface area contributed by atoms with Crippen LogP contribution in [0.25, 0.3) is 0 Å². The fourth-order valence-corrected chi connectivity index (χ4v) is 1.60. The van der Waals surface area contributed by atoms with Gasteiger partial charge in [-0.1, -0.05) is 11.2 Å². The zero-order valence-corrected chi connectivity index (χ0v) is 10.2. The van der Waals surface area contributed by atoms with Crippen molar-refractivity contribution in [3.8, 4) is 11.5 Å². The number of rotatable bonds is 4. The Morgan fingerprint density at radius 3 is 2.53 bits per heavy atom. The van der Waals surface area contributed by atoms with Crippen LogP contribution in [-0.4, -0.2) is 24.4 Å². The van der Waals surface area contributed by atoms with Crippen LogP contribution in [0.3, 0.4) is 0 Å². The first-order valence-electron chi connectivity index (χ1n) is 4.91. The summed E-state index contributed by atoms with van der Waals surface area (Å²) in [7, 11) is 3.18. The number of benzene rings is 1. The first kappa shape index (κ1) is 11.7. The lowest BCUT2D eigenvalue weighted by Gasteiger charge is -2.08. The standard InChI is InChI=1S/C11H11ClN2O3/c1-15-8-4-3-7(5-9(8)16-2)6-10-13-14-11(12)17-10/h3-5H,6H2,1-2H3. The highest BCUT2D eigenvalue weighted by Gasteiger charge is 2.08. The number of ether oxygens (including phenoxy) is 2. The molecule has 0 amide bonds. The van der Waals surface area contributed by atoms with Crippen molar-refractivity contribution in [1.29, 1.82) is 0 Å². The second-order valence-electron chi connectivity index (χ2n) is 3.31. The molecule has 5 nitrogen and oxygen atoms in total. The Labute approximate surface area is 103 Å². The SMILES string of the molecule is COc1ccc(Cc2nnc(Cl)o2)cc1OC. The number of hydrogen-bond acceptors (Lipinski definition) is 5. The van der Waals surface area contributed by atoms with Gasteiger partial charge in [0.15, 0.2) is 11.5 Å². The molecule has 0 unspecified atom stereocenters. The lowest BCUT2D eigenvalue weighted by atomic mass is 10.1. The Hall–Kier alpha value is -1.75. The fourth-order valence-electron chi connectivity index (χ4n) is 1.47. The summed E-state index contributed by atoms with van der Waals surface area (Å²) in [6.45, 7) is 0. The van der Waals surface area contributed by atoms with Crippen LogP contribution in [-0.2, 0) is 6.42 Å². The lowest BCUT2D eigenvalue weighted by Crippen LogP contribution is -1.94. The Morgan fingerprint density at radius 1 is 1.18 bits per heavy atom. The van der Waals surface area contributed by atoms with Crippen molar-refractivity contribution in [3.63, 3.8) is 0 Å². The molecule has 0 fully saturated rings. The van der Waals surface area contributed by atoms with Gasteiger partial charge in [0.1, 0.15) is 0 Å². The van der Waals surface area contributed by atoms with E-state index in [2.05, 4.69) is 10.2 Å². The van der Waals surface area contributed by atoms with Crippen LogP contribution in [0, 0.1) is 0 Å². The molecule has 0 atom stereocenters.